The average Bonchev–Trinajstić information content (AvgIpc) is 3.48. The van der Waals surface area contributed by atoms with Gasteiger partial charge in [0.2, 0.25) is 0 Å². The molecule has 44 heavy (non-hydrogen) atoms. The van der Waals surface area contributed by atoms with Crippen LogP contribution in [0, 0.1) is 0 Å². The molecule has 5 heteroatoms. The van der Waals surface area contributed by atoms with Gasteiger partial charge in [-0.2, -0.15) is 0 Å². The van der Waals surface area contributed by atoms with E-state index in [9.17, 15) is 9.59 Å². The van der Waals surface area contributed by atoms with Crippen molar-refractivity contribution in [1.29, 1.82) is 0 Å². The summed E-state index contributed by atoms with van der Waals surface area (Å²) >= 11 is 0. The van der Waals surface area contributed by atoms with Crippen LogP contribution >= 0.6 is 0 Å². The van der Waals surface area contributed by atoms with E-state index >= 15 is 0 Å². The smallest absolute Gasteiger partial charge is 0.181 e. The van der Waals surface area contributed by atoms with Gasteiger partial charge in [-0.1, -0.05) is 97.1 Å². The van der Waals surface area contributed by atoms with E-state index in [4.69, 9.17) is 9.84 Å². The minimum absolute atomic E-state index is 0.217. The SMILES string of the molecule is O=C(/C=C/c1ccc(CN(CCCC(=O)C2c3ccccc3Oc3ccccc32)CCC2=CCc3ccccc32)cc1)CO. The molecule has 4 aromatic carbocycles. The number of rotatable bonds is 13. The summed E-state index contributed by atoms with van der Waals surface area (Å²) in [5, 5.41) is 8.97. The Morgan fingerprint density at radius 1 is 0.841 bits per heavy atom. The van der Waals surface area contributed by atoms with Crippen molar-refractivity contribution in [3.05, 3.63) is 143 Å². The molecule has 1 aliphatic heterocycles. The summed E-state index contributed by atoms with van der Waals surface area (Å²) in [6, 6.07) is 32.5. The van der Waals surface area contributed by atoms with Gasteiger partial charge in [0.15, 0.2) is 5.78 Å². The third kappa shape index (κ3) is 6.80. The molecule has 0 unspecified atom stereocenters. The van der Waals surface area contributed by atoms with Gasteiger partial charge in [-0.15, -0.1) is 0 Å². The van der Waals surface area contributed by atoms with Gasteiger partial charge in [0.1, 0.15) is 23.9 Å². The van der Waals surface area contributed by atoms with E-state index < -0.39 is 6.61 Å². The van der Waals surface area contributed by atoms with Gasteiger partial charge in [0.05, 0.1) is 5.92 Å². The van der Waals surface area contributed by atoms with Crippen molar-refractivity contribution in [2.24, 2.45) is 0 Å². The highest BCUT2D eigenvalue weighted by Crippen LogP contribution is 2.44. The van der Waals surface area contributed by atoms with Crippen molar-refractivity contribution in [2.45, 2.75) is 38.1 Å². The van der Waals surface area contributed by atoms with Gasteiger partial charge < -0.3 is 9.84 Å². The quantitative estimate of drug-likeness (QED) is 0.166. The fourth-order valence-corrected chi connectivity index (χ4v) is 6.25. The van der Waals surface area contributed by atoms with Crippen molar-refractivity contribution < 1.29 is 19.4 Å². The van der Waals surface area contributed by atoms with Crippen LogP contribution < -0.4 is 4.74 Å². The standard InChI is InChI=1S/C39H37NO4/c41-27-32(42)22-19-28-15-17-29(18-16-28)26-40(25-23-31-21-20-30-8-1-2-9-33(30)31)24-7-12-36(43)39-34-10-3-5-13-37(34)44-38-14-6-4-11-35(38)39/h1-6,8-11,13-19,21-22,39,41H,7,12,20,23-27H2/b22-19+. The zero-order valence-electron chi connectivity index (χ0n) is 24.8. The summed E-state index contributed by atoms with van der Waals surface area (Å²) in [4.78, 5) is 27.7. The fourth-order valence-electron chi connectivity index (χ4n) is 6.25. The first-order chi connectivity index (χ1) is 21.6. The number of carbonyl (C=O) groups is 2. The number of carbonyl (C=O) groups excluding carboxylic acids is 2. The number of hydrogen-bond donors (Lipinski definition) is 1. The van der Waals surface area contributed by atoms with E-state index in [0.29, 0.717) is 6.42 Å². The van der Waals surface area contributed by atoms with Crippen LogP contribution in [0.15, 0.2) is 109 Å². The Morgan fingerprint density at radius 3 is 2.25 bits per heavy atom. The van der Waals surface area contributed by atoms with E-state index in [2.05, 4.69) is 47.4 Å². The van der Waals surface area contributed by atoms with Crippen molar-refractivity contribution in [3.8, 4) is 11.5 Å². The zero-order chi connectivity index (χ0) is 30.3. The number of aliphatic hydroxyl groups excluding tert-OH is 1. The number of hydrogen-bond acceptors (Lipinski definition) is 5. The van der Waals surface area contributed by atoms with Gasteiger partial charge in [-0.25, -0.2) is 0 Å². The van der Waals surface area contributed by atoms with Crippen LogP contribution in [0.2, 0.25) is 0 Å². The van der Waals surface area contributed by atoms with Crippen LogP contribution in [-0.4, -0.2) is 41.3 Å². The second kappa shape index (κ2) is 13.8. The van der Waals surface area contributed by atoms with Crippen LogP contribution in [0.5, 0.6) is 11.5 Å². The molecule has 0 saturated heterocycles. The predicted octanol–water partition coefficient (Wildman–Crippen LogP) is 7.38. The molecule has 5 nitrogen and oxygen atoms in total. The van der Waals surface area contributed by atoms with Gasteiger partial charge in [0, 0.05) is 30.6 Å². The molecule has 6 rings (SSSR count). The first-order valence-corrected chi connectivity index (χ1v) is 15.4. The molecule has 0 fully saturated rings. The molecule has 4 aromatic rings. The second-order valence-corrected chi connectivity index (χ2v) is 11.5. The van der Waals surface area contributed by atoms with Crippen LogP contribution in [-0.2, 0) is 22.6 Å². The maximum Gasteiger partial charge on any atom is 0.181 e. The molecule has 0 atom stereocenters. The molecule has 0 amide bonds. The molecule has 0 spiro atoms. The molecule has 1 heterocycles. The van der Waals surface area contributed by atoms with Gasteiger partial charge in [-0.05, 0) is 71.8 Å². The van der Waals surface area contributed by atoms with Gasteiger partial charge in [0.25, 0.3) is 0 Å². The topological polar surface area (TPSA) is 66.8 Å². The number of fused-ring (bicyclic) bond motifs is 3. The molecule has 1 N–H and O–H groups in total. The molecule has 0 bridgehead atoms. The fraction of sp³-hybridized carbons (Fsp3) is 0.231. The monoisotopic (exact) mass is 583 g/mol. The maximum atomic E-state index is 13.8. The third-order valence-corrected chi connectivity index (χ3v) is 8.53. The Morgan fingerprint density at radius 2 is 1.52 bits per heavy atom. The Balaban J connectivity index is 1.14. The minimum Gasteiger partial charge on any atom is -0.457 e. The maximum absolute atomic E-state index is 13.8. The summed E-state index contributed by atoms with van der Waals surface area (Å²) in [6.45, 7) is 1.98. The van der Waals surface area contributed by atoms with E-state index in [0.717, 1.165) is 67.1 Å². The number of allylic oxidation sites excluding steroid dienone is 1. The highest BCUT2D eigenvalue weighted by molar-refractivity contribution is 5.94. The first kappa shape index (κ1) is 29.5. The Bertz CT molecular complexity index is 1660. The number of aliphatic hydroxyl groups is 1. The molecule has 0 aromatic heterocycles. The Hall–Kier alpha value is -4.58. The van der Waals surface area contributed by atoms with E-state index in [1.807, 2.05) is 60.7 Å². The normalized spacial score (nSPS) is 13.7. The van der Waals surface area contributed by atoms with Crippen molar-refractivity contribution in [1.82, 2.24) is 4.90 Å². The Labute approximate surface area is 259 Å². The number of ketones is 2. The van der Waals surface area contributed by atoms with Crippen molar-refractivity contribution in [3.63, 3.8) is 0 Å². The predicted molar refractivity (Wildman–Crippen MR) is 175 cm³/mol. The summed E-state index contributed by atoms with van der Waals surface area (Å²) < 4.78 is 6.12. The van der Waals surface area contributed by atoms with Crippen molar-refractivity contribution >= 4 is 23.2 Å². The lowest BCUT2D eigenvalue weighted by Gasteiger charge is -2.28. The number of benzene rings is 4. The lowest BCUT2D eigenvalue weighted by molar-refractivity contribution is -0.120. The summed E-state index contributed by atoms with van der Waals surface area (Å²) in [6.07, 6.45) is 8.67. The molecule has 1 aliphatic carbocycles. The largest absolute Gasteiger partial charge is 0.457 e. The van der Waals surface area contributed by atoms with E-state index in [1.165, 1.54) is 28.3 Å². The van der Waals surface area contributed by atoms with Crippen LogP contribution in [0.25, 0.3) is 11.6 Å². The van der Waals surface area contributed by atoms with Crippen LogP contribution in [0.4, 0.5) is 0 Å². The summed E-state index contributed by atoms with van der Waals surface area (Å²) in [5.74, 6) is 1.10. The number of para-hydroxylation sites is 2. The highest BCUT2D eigenvalue weighted by Gasteiger charge is 2.31. The number of Topliss-reactive ketones (excluding diaryl/α,β-unsaturated/α-hetero) is 1. The minimum atomic E-state index is -0.486. The second-order valence-electron chi connectivity index (χ2n) is 11.5. The highest BCUT2D eigenvalue weighted by atomic mass is 16.5. The van der Waals surface area contributed by atoms with Crippen LogP contribution in [0.1, 0.15) is 58.6 Å². The third-order valence-electron chi connectivity index (χ3n) is 8.53. The Kier molecular flexibility index (Phi) is 9.25. The lowest BCUT2D eigenvalue weighted by Crippen LogP contribution is -2.27. The summed E-state index contributed by atoms with van der Waals surface area (Å²) in [5.41, 5.74) is 8.11. The average molecular weight is 584 g/mol. The zero-order valence-corrected chi connectivity index (χ0v) is 24.8. The number of nitrogens with zero attached hydrogens (tertiary/aromatic N) is 1. The van der Waals surface area contributed by atoms with Gasteiger partial charge >= 0.3 is 0 Å². The number of ether oxygens (including phenoxy) is 1. The first-order valence-electron chi connectivity index (χ1n) is 15.4. The molecular formula is C39H37NO4. The molecular weight excluding hydrogens is 546 g/mol. The van der Waals surface area contributed by atoms with Crippen molar-refractivity contribution in [2.75, 3.05) is 19.7 Å². The van der Waals surface area contributed by atoms with E-state index in [1.54, 1.807) is 6.08 Å². The molecule has 222 valence electrons. The molecule has 2 aliphatic rings. The summed E-state index contributed by atoms with van der Waals surface area (Å²) in [7, 11) is 0. The van der Waals surface area contributed by atoms with Crippen LogP contribution in [0.3, 0.4) is 0 Å². The lowest BCUT2D eigenvalue weighted by atomic mass is 9.83. The molecule has 0 radical (unpaired) electrons. The van der Waals surface area contributed by atoms with Gasteiger partial charge in [-0.3, -0.25) is 14.5 Å². The molecule has 0 saturated carbocycles. The van der Waals surface area contributed by atoms with E-state index in [-0.39, 0.29) is 17.5 Å².